The van der Waals surface area contributed by atoms with Crippen LogP contribution in [0.2, 0.25) is 0 Å². The molecule has 1 aromatic carbocycles. The average Bonchev–Trinajstić information content (AvgIpc) is 2.91. The molecule has 0 unspecified atom stereocenters. The molecule has 21 heavy (non-hydrogen) atoms. The molecule has 0 bridgehead atoms. The van der Waals surface area contributed by atoms with E-state index in [4.69, 9.17) is 0 Å². The Labute approximate surface area is 129 Å². The predicted octanol–water partition coefficient (Wildman–Crippen LogP) is 4.17. The second-order valence-electron chi connectivity index (χ2n) is 5.87. The quantitative estimate of drug-likeness (QED) is 0.834. The molecule has 0 fully saturated rings. The van der Waals surface area contributed by atoms with Crippen LogP contribution in [0, 0.1) is 6.92 Å². The van der Waals surface area contributed by atoms with Gasteiger partial charge < -0.3 is 4.90 Å². The lowest BCUT2D eigenvalue weighted by Crippen LogP contribution is -2.35. The monoisotopic (exact) mass is 300 g/mol. The van der Waals surface area contributed by atoms with Crippen LogP contribution in [0.5, 0.6) is 0 Å². The topological polar surface area (TPSA) is 33.2 Å². The summed E-state index contributed by atoms with van der Waals surface area (Å²) in [5, 5.41) is 0. The Morgan fingerprint density at radius 2 is 2.19 bits per heavy atom. The van der Waals surface area contributed by atoms with Gasteiger partial charge in [0.2, 0.25) is 0 Å². The van der Waals surface area contributed by atoms with Gasteiger partial charge >= 0.3 is 0 Å². The minimum absolute atomic E-state index is 0.0910. The summed E-state index contributed by atoms with van der Waals surface area (Å²) in [6, 6.07) is 6.52. The van der Waals surface area contributed by atoms with Crippen LogP contribution in [0.4, 0.5) is 5.69 Å². The number of amides is 1. The smallest absolute Gasteiger partial charge is 0.270 e. The highest BCUT2D eigenvalue weighted by atomic mass is 32.1. The fraction of sp³-hybridized carbons (Fsp3) is 0.412. The molecule has 0 saturated heterocycles. The molecule has 0 aliphatic carbocycles. The number of thiazole rings is 1. The van der Waals surface area contributed by atoms with E-state index < -0.39 is 0 Å². The van der Waals surface area contributed by atoms with Crippen molar-refractivity contribution in [2.24, 2.45) is 0 Å². The van der Waals surface area contributed by atoms with Gasteiger partial charge in [-0.15, -0.1) is 11.3 Å². The van der Waals surface area contributed by atoms with Crippen molar-refractivity contribution in [3.63, 3.8) is 0 Å². The molecule has 2 aromatic rings. The van der Waals surface area contributed by atoms with Crippen LogP contribution < -0.4 is 4.90 Å². The molecule has 3 nitrogen and oxygen atoms in total. The minimum Gasteiger partial charge on any atom is -0.307 e. The number of anilines is 1. The summed E-state index contributed by atoms with van der Waals surface area (Å²) < 4.78 is 0. The molecule has 0 spiro atoms. The van der Waals surface area contributed by atoms with Crippen molar-refractivity contribution in [1.82, 2.24) is 4.98 Å². The summed E-state index contributed by atoms with van der Waals surface area (Å²) in [7, 11) is 0. The highest BCUT2D eigenvalue weighted by Gasteiger charge is 2.26. The molecule has 1 aliphatic heterocycles. The third-order valence-corrected chi connectivity index (χ3v) is 4.99. The second kappa shape index (κ2) is 5.60. The fourth-order valence-electron chi connectivity index (χ4n) is 2.82. The van der Waals surface area contributed by atoms with Gasteiger partial charge in [0, 0.05) is 12.2 Å². The largest absolute Gasteiger partial charge is 0.307 e. The third-order valence-electron chi connectivity index (χ3n) is 4.07. The van der Waals surface area contributed by atoms with E-state index in [1.165, 1.54) is 22.5 Å². The maximum Gasteiger partial charge on any atom is 0.270 e. The number of carbonyl (C=O) groups is 1. The standard InChI is InChI=1S/C17H20N2OS/c1-11(2)13-6-7-15-14(9-13)5-4-8-19(15)17(20)16-12(3)18-10-21-16/h6-7,9-11H,4-5,8H2,1-3H3. The van der Waals surface area contributed by atoms with Gasteiger partial charge in [-0.2, -0.15) is 0 Å². The van der Waals surface area contributed by atoms with E-state index in [1.54, 1.807) is 5.51 Å². The lowest BCUT2D eigenvalue weighted by molar-refractivity contribution is 0.0988. The van der Waals surface area contributed by atoms with Gasteiger partial charge in [0.05, 0.1) is 11.2 Å². The van der Waals surface area contributed by atoms with Crippen molar-refractivity contribution in [3.05, 3.63) is 45.4 Å². The molecule has 0 radical (unpaired) electrons. The van der Waals surface area contributed by atoms with Crippen molar-refractivity contribution < 1.29 is 4.79 Å². The van der Waals surface area contributed by atoms with Crippen LogP contribution in [0.15, 0.2) is 23.7 Å². The Balaban J connectivity index is 1.97. The number of fused-ring (bicyclic) bond motifs is 1. The van der Waals surface area contributed by atoms with Crippen LogP contribution in [0.25, 0.3) is 0 Å². The molecule has 1 aliphatic rings. The summed E-state index contributed by atoms with van der Waals surface area (Å²) >= 11 is 1.43. The number of aromatic nitrogens is 1. The molecule has 0 atom stereocenters. The summed E-state index contributed by atoms with van der Waals surface area (Å²) in [5.74, 6) is 0.610. The van der Waals surface area contributed by atoms with Gasteiger partial charge in [0.25, 0.3) is 5.91 Å². The first-order chi connectivity index (χ1) is 10.1. The SMILES string of the molecule is Cc1ncsc1C(=O)N1CCCc2cc(C(C)C)ccc21. The van der Waals surface area contributed by atoms with E-state index in [9.17, 15) is 4.79 Å². The summed E-state index contributed by atoms with van der Waals surface area (Å²) in [6.07, 6.45) is 2.08. The Morgan fingerprint density at radius 1 is 1.38 bits per heavy atom. The van der Waals surface area contributed by atoms with E-state index in [1.807, 2.05) is 11.8 Å². The Bertz CT molecular complexity index is 675. The van der Waals surface area contributed by atoms with Crippen molar-refractivity contribution >= 4 is 22.9 Å². The Hall–Kier alpha value is -1.68. The normalized spacial score (nSPS) is 14.4. The molecule has 1 aromatic heterocycles. The van der Waals surface area contributed by atoms with E-state index in [0.717, 1.165) is 35.6 Å². The van der Waals surface area contributed by atoms with E-state index in [2.05, 4.69) is 37.0 Å². The first-order valence-electron chi connectivity index (χ1n) is 7.42. The van der Waals surface area contributed by atoms with Gasteiger partial charge in [0.1, 0.15) is 4.88 Å². The molecule has 0 N–H and O–H groups in total. The number of aryl methyl sites for hydroxylation is 2. The molecule has 4 heteroatoms. The van der Waals surface area contributed by atoms with Gasteiger partial charge in [-0.3, -0.25) is 4.79 Å². The third kappa shape index (κ3) is 2.60. The molecular formula is C17H20N2OS. The minimum atomic E-state index is 0.0910. The molecule has 110 valence electrons. The first-order valence-corrected chi connectivity index (χ1v) is 8.30. The number of nitrogens with zero attached hydrogens (tertiary/aromatic N) is 2. The van der Waals surface area contributed by atoms with Crippen LogP contribution >= 0.6 is 11.3 Å². The number of rotatable bonds is 2. The zero-order valence-corrected chi connectivity index (χ0v) is 13.5. The maximum absolute atomic E-state index is 12.8. The zero-order chi connectivity index (χ0) is 15.0. The number of hydrogen-bond donors (Lipinski definition) is 0. The van der Waals surface area contributed by atoms with E-state index in [-0.39, 0.29) is 5.91 Å². The van der Waals surface area contributed by atoms with Crippen molar-refractivity contribution in [3.8, 4) is 0 Å². The molecule has 2 heterocycles. The Kier molecular flexibility index (Phi) is 3.81. The molecule has 0 saturated carbocycles. The lowest BCUT2D eigenvalue weighted by Gasteiger charge is -2.30. The van der Waals surface area contributed by atoms with Crippen molar-refractivity contribution in [2.45, 2.75) is 39.5 Å². The summed E-state index contributed by atoms with van der Waals surface area (Å²) in [6.45, 7) is 7.10. The number of hydrogen-bond acceptors (Lipinski definition) is 3. The van der Waals surface area contributed by atoms with Gasteiger partial charge in [-0.1, -0.05) is 26.0 Å². The van der Waals surface area contributed by atoms with E-state index >= 15 is 0 Å². The van der Waals surface area contributed by atoms with Crippen LogP contribution in [0.1, 0.15) is 52.7 Å². The average molecular weight is 300 g/mol. The van der Waals surface area contributed by atoms with Crippen LogP contribution in [0.3, 0.4) is 0 Å². The van der Waals surface area contributed by atoms with Gasteiger partial charge in [-0.25, -0.2) is 4.98 Å². The van der Waals surface area contributed by atoms with Gasteiger partial charge in [-0.05, 0) is 42.9 Å². The maximum atomic E-state index is 12.8. The van der Waals surface area contributed by atoms with Crippen molar-refractivity contribution in [2.75, 3.05) is 11.4 Å². The van der Waals surface area contributed by atoms with Crippen LogP contribution in [-0.2, 0) is 6.42 Å². The summed E-state index contributed by atoms with van der Waals surface area (Å²) in [5.41, 5.74) is 6.29. The van der Waals surface area contributed by atoms with Crippen LogP contribution in [-0.4, -0.2) is 17.4 Å². The summed E-state index contributed by atoms with van der Waals surface area (Å²) in [4.78, 5) is 19.6. The van der Waals surface area contributed by atoms with Crippen molar-refractivity contribution in [1.29, 1.82) is 0 Å². The zero-order valence-electron chi connectivity index (χ0n) is 12.7. The highest BCUT2D eigenvalue weighted by molar-refractivity contribution is 7.12. The Morgan fingerprint density at radius 3 is 2.86 bits per heavy atom. The number of benzene rings is 1. The van der Waals surface area contributed by atoms with E-state index in [0.29, 0.717) is 5.92 Å². The molecular weight excluding hydrogens is 280 g/mol. The second-order valence-corrected chi connectivity index (χ2v) is 6.72. The lowest BCUT2D eigenvalue weighted by atomic mass is 9.94. The fourth-order valence-corrected chi connectivity index (χ4v) is 3.57. The number of carbonyl (C=O) groups excluding carboxylic acids is 1. The van der Waals surface area contributed by atoms with Gasteiger partial charge in [0.15, 0.2) is 0 Å². The first kappa shape index (κ1) is 14.3. The molecule has 1 amide bonds. The highest BCUT2D eigenvalue weighted by Crippen LogP contribution is 2.32. The predicted molar refractivity (Wildman–Crippen MR) is 87.4 cm³/mol. The molecule has 3 rings (SSSR count).